The third-order valence-electron chi connectivity index (χ3n) is 9.70. The summed E-state index contributed by atoms with van der Waals surface area (Å²) in [6, 6.07) is 0. The van der Waals surface area contributed by atoms with Crippen molar-refractivity contribution < 1.29 is 8.97 Å². The van der Waals surface area contributed by atoms with Crippen molar-refractivity contribution in [1.82, 2.24) is 0 Å². The maximum Gasteiger partial charge on any atom is 0.128 e. The summed E-state index contributed by atoms with van der Waals surface area (Å²) in [7, 11) is 0. The van der Waals surface area contributed by atoms with Gasteiger partial charge in [-0.15, -0.1) is 0 Å². The highest BCUT2D eigenvalue weighted by molar-refractivity contribution is 4.52. The molecule has 0 aliphatic heterocycles. The Morgan fingerprint density at radius 3 is 0.694 bits per heavy atom. The second-order valence-corrected chi connectivity index (χ2v) is 12.2. The largest absolute Gasteiger partial charge is 0.319 e. The van der Waals surface area contributed by atoms with E-state index in [2.05, 4.69) is 41.5 Å². The molecule has 0 aliphatic rings. The van der Waals surface area contributed by atoms with Gasteiger partial charge in [0.1, 0.15) is 13.1 Å². The molecule has 0 saturated carbocycles. The van der Waals surface area contributed by atoms with Crippen molar-refractivity contribution in [3.05, 3.63) is 0 Å². The van der Waals surface area contributed by atoms with E-state index in [9.17, 15) is 0 Å². The highest BCUT2D eigenvalue weighted by Gasteiger charge is 2.30. The van der Waals surface area contributed by atoms with E-state index in [0.29, 0.717) is 0 Å². The lowest BCUT2D eigenvalue weighted by Crippen LogP contribution is -2.58. The van der Waals surface area contributed by atoms with Crippen molar-refractivity contribution >= 4 is 0 Å². The number of hydrogen-bond donors (Lipinski definition) is 0. The molecule has 0 rings (SSSR count). The van der Waals surface area contributed by atoms with Gasteiger partial charge in [-0.05, 0) is 53.4 Å². The molecule has 0 spiro atoms. The summed E-state index contributed by atoms with van der Waals surface area (Å²) in [5.41, 5.74) is 0. The number of hydrogen-bond acceptors (Lipinski definition) is 0. The van der Waals surface area contributed by atoms with Crippen LogP contribution in [0.25, 0.3) is 0 Å². The van der Waals surface area contributed by atoms with Crippen molar-refractivity contribution in [2.45, 2.75) is 170 Å². The molecule has 0 aromatic carbocycles. The Bertz CT molecular complexity index is 385. The van der Waals surface area contributed by atoms with Crippen molar-refractivity contribution in [3.63, 3.8) is 0 Å². The smallest absolute Gasteiger partial charge is 0.128 e. The second-order valence-electron chi connectivity index (χ2n) is 12.2. The Hall–Kier alpha value is -0.0800. The Morgan fingerprint density at radius 1 is 0.250 bits per heavy atom. The average Bonchev–Trinajstić information content (AvgIpc) is 2.91. The molecule has 0 fully saturated rings. The van der Waals surface area contributed by atoms with Gasteiger partial charge in [-0.1, -0.05) is 117 Å². The first kappa shape index (κ1) is 35.9. The third-order valence-corrected chi connectivity index (χ3v) is 9.70. The van der Waals surface area contributed by atoms with Crippen LogP contribution in [0.1, 0.15) is 170 Å². The van der Waals surface area contributed by atoms with E-state index < -0.39 is 0 Å². The fourth-order valence-corrected chi connectivity index (χ4v) is 6.23. The quantitative estimate of drug-likeness (QED) is 0.0693. The van der Waals surface area contributed by atoms with Crippen LogP contribution in [0.2, 0.25) is 0 Å². The molecular weight excluding hydrogens is 436 g/mol. The minimum Gasteiger partial charge on any atom is -0.319 e. The zero-order chi connectivity index (χ0) is 26.8. The summed E-state index contributed by atoms with van der Waals surface area (Å²) >= 11 is 0. The van der Waals surface area contributed by atoms with Crippen molar-refractivity contribution in [2.75, 3.05) is 52.4 Å². The van der Waals surface area contributed by atoms with E-state index in [1.54, 1.807) is 0 Å². The zero-order valence-electron chi connectivity index (χ0n) is 26.7. The minimum atomic E-state index is 1.32. The van der Waals surface area contributed by atoms with Crippen LogP contribution in [0.3, 0.4) is 0 Å². The van der Waals surface area contributed by atoms with Crippen molar-refractivity contribution in [3.8, 4) is 0 Å². The fourth-order valence-electron chi connectivity index (χ4n) is 6.23. The SMILES string of the molecule is CCCCCCCCCCCC[N+](CC)(CC)CC[N+](CC)(CC)CCCCCCCCCCCC. The normalized spacial score (nSPS) is 12.5. The summed E-state index contributed by atoms with van der Waals surface area (Å²) in [6.45, 7) is 25.3. The van der Waals surface area contributed by atoms with E-state index in [1.807, 2.05) is 0 Å². The maximum atomic E-state index is 2.45. The molecule has 2 heteroatoms. The van der Waals surface area contributed by atoms with E-state index >= 15 is 0 Å². The first-order valence-corrected chi connectivity index (χ1v) is 17.3. The van der Waals surface area contributed by atoms with Crippen LogP contribution in [0.4, 0.5) is 0 Å². The Balaban J connectivity index is 4.23. The van der Waals surface area contributed by atoms with E-state index in [4.69, 9.17) is 0 Å². The summed E-state index contributed by atoms with van der Waals surface area (Å²) in [6.07, 6.45) is 29.0. The van der Waals surface area contributed by atoms with Crippen LogP contribution in [0.15, 0.2) is 0 Å². The van der Waals surface area contributed by atoms with Gasteiger partial charge in [0.05, 0.1) is 39.3 Å². The van der Waals surface area contributed by atoms with Gasteiger partial charge < -0.3 is 8.97 Å². The molecule has 0 saturated heterocycles. The van der Waals surface area contributed by atoms with Crippen LogP contribution in [0.5, 0.6) is 0 Å². The van der Waals surface area contributed by atoms with Crippen LogP contribution >= 0.6 is 0 Å². The number of nitrogens with zero attached hydrogens (tertiary/aromatic N) is 2. The lowest BCUT2D eigenvalue weighted by atomic mass is 10.1. The van der Waals surface area contributed by atoms with Crippen LogP contribution < -0.4 is 0 Å². The van der Waals surface area contributed by atoms with Crippen LogP contribution in [0, 0.1) is 0 Å². The second kappa shape index (κ2) is 25.2. The Morgan fingerprint density at radius 2 is 0.472 bits per heavy atom. The molecule has 0 unspecified atom stereocenters. The number of likely N-dealkylation sites (N-methyl/N-ethyl adjacent to an activating group) is 2. The highest BCUT2D eigenvalue weighted by atomic mass is 15.4. The van der Waals surface area contributed by atoms with Gasteiger partial charge in [0.2, 0.25) is 0 Å². The molecule has 36 heavy (non-hydrogen) atoms. The molecule has 0 aromatic rings. The summed E-state index contributed by atoms with van der Waals surface area (Å²) < 4.78 is 2.71. The fraction of sp³-hybridized carbons (Fsp3) is 1.00. The molecule has 0 heterocycles. The van der Waals surface area contributed by atoms with Gasteiger partial charge in [0, 0.05) is 0 Å². The lowest BCUT2D eigenvalue weighted by Gasteiger charge is -2.43. The summed E-state index contributed by atoms with van der Waals surface area (Å²) in [4.78, 5) is 0. The van der Waals surface area contributed by atoms with Crippen molar-refractivity contribution in [1.29, 1.82) is 0 Å². The lowest BCUT2D eigenvalue weighted by molar-refractivity contribution is -0.978. The summed E-state index contributed by atoms with van der Waals surface area (Å²) in [5, 5.41) is 0. The van der Waals surface area contributed by atoms with Gasteiger partial charge in [-0.2, -0.15) is 0 Å². The monoisotopic (exact) mass is 511 g/mol. The zero-order valence-corrected chi connectivity index (χ0v) is 26.7. The average molecular weight is 511 g/mol. The third kappa shape index (κ3) is 18.2. The topological polar surface area (TPSA) is 0 Å². The van der Waals surface area contributed by atoms with E-state index in [1.165, 1.54) is 190 Å². The molecule has 0 aliphatic carbocycles. The predicted octanol–water partition coefficient (Wildman–Crippen LogP) is 10.5. The predicted molar refractivity (Wildman–Crippen MR) is 166 cm³/mol. The van der Waals surface area contributed by atoms with Gasteiger partial charge in [0.25, 0.3) is 0 Å². The highest BCUT2D eigenvalue weighted by Crippen LogP contribution is 2.18. The van der Waals surface area contributed by atoms with Gasteiger partial charge in [-0.25, -0.2) is 0 Å². The van der Waals surface area contributed by atoms with Crippen molar-refractivity contribution in [2.24, 2.45) is 0 Å². The molecule has 0 amide bonds. The van der Waals surface area contributed by atoms with Gasteiger partial charge in [0.15, 0.2) is 0 Å². The minimum absolute atomic E-state index is 1.32. The first-order chi connectivity index (χ1) is 17.6. The summed E-state index contributed by atoms with van der Waals surface area (Å²) in [5.74, 6) is 0. The molecule has 2 nitrogen and oxygen atoms in total. The molecule has 0 aromatic heterocycles. The number of unbranched alkanes of at least 4 members (excludes halogenated alkanes) is 18. The van der Waals surface area contributed by atoms with Crippen LogP contribution in [-0.4, -0.2) is 61.3 Å². The Kier molecular flexibility index (Phi) is 25.2. The molecular formula is C34H74N2+2. The van der Waals surface area contributed by atoms with E-state index in [-0.39, 0.29) is 0 Å². The molecule has 0 atom stereocenters. The number of quaternary nitrogens is 2. The maximum absolute atomic E-state index is 2.45. The van der Waals surface area contributed by atoms with Gasteiger partial charge >= 0.3 is 0 Å². The molecule has 0 bridgehead atoms. The van der Waals surface area contributed by atoms with Crippen LogP contribution in [-0.2, 0) is 0 Å². The van der Waals surface area contributed by atoms with E-state index in [0.717, 1.165) is 0 Å². The molecule has 0 N–H and O–H groups in total. The molecule has 218 valence electrons. The van der Waals surface area contributed by atoms with Gasteiger partial charge in [-0.3, -0.25) is 0 Å². The number of rotatable bonds is 29. The Labute approximate surface area is 231 Å². The molecule has 0 radical (unpaired) electrons. The standard InChI is InChI=1S/C34H74N2/c1-7-13-15-17-19-21-23-25-27-29-31-35(9-3,10-4)33-34-36(11-5,12-6)32-30-28-26-24-22-20-18-16-14-8-2/h7-34H2,1-6H3/q+2. The first-order valence-electron chi connectivity index (χ1n) is 17.3.